The molecule has 1 aromatic carbocycles. The lowest BCUT2D eigenvalue weighted by molar-refractivity contribution is -0.386. The van der Waals surface area contributed by atoms with Crippen molar-refractivity contribution in [2.24, 2.45) is 5.41 Å². The van der Waals surface area contributed by atoms with Crippen LogP contribution < -0.4 is 0 Å². The number of hydrogen-bond acceptors (Lipinski definition) is 6. The Balaban J connectivity index is 1.79. The molecule has 0 aromatic heterocycles. The van der Waals surface area contributed by atoms with E-state index < -0.39 is 26.4 Å². The standard InChI is InChI=1S/C14H19N3O5S/c1-15-6-4-14(5-7-15)9-16(10-14)23(21,22)11-2-3-13(18)12(8-11)17(19)20/h2-3,8,18H,4-7,9-10H2,1H3. The van der Waals surface area contributed by atoms with Crippen molar-refractivity contribution < 1.29 is 18.4 Å². The number of hydrogen-bond donors (Lipinski definition) is 1. The third-order valence-electron chi connectivity index (χ3n) is 4.85. The zero-order valence-corrected chi connectivity index (χ0v) is 13.6. The third-order valence-corrected chi connectivity index (χ3v) is 6.64. The Kier molecular flexibility index (Phi) is 3.81. The molecule has 0 amide bonds. The van der Waals surface area contributed by atoms with Crippen molar-refractivity contribution in [2.45, 2.75) is 17.7 Å². The van der Waals surface area contributed by atoms with E-state index in [0.29, 0.717) is 13.1 Å². The Morgan fingerprint density at radius 3 is 2.43 bits per heavy atom. The Morgan fingerprint density at radius 1 is 1.26 bits per heavy atom. The van der Waals surface area contributed by atoms with E-state index in [2.05, 4.69) is 11.9 Å². The minimum Gasteiger partial charge on any atom is -0.502 e. The molecule has 0 aliphatic carbocycles. The van der Waals surface area contributed by atoms with Gasteiger partial charge in [0.1, 0.15) is 0 Å². The van der Waals surface area contributed by atoms with Crippen LogP contribution in [0, 0.1) is 15.5 Å². The van der Waals surface area contributed by atoms with E-state index in [1.807, 2.05) is 0 Å². The van der Waals surface area contributed by atoms with Crippen LogP contribution in [0.15, 0.2) is 23.1 Å². The van der Waals surface area contributed by atoms with E-state index in [9.17, 15) is 23.6 Å². The summed E-state index contributed by atoms with van der Waals surface area (Å²) in [6.45, 7) is 2.83. The lowest BCUT2D eigenvalue weighted by Crippen LogP contribution is -2.61. The van der Waals surface area contributed by atoms with Gasteiger partial charge >= 0.3 is 5.69 Å². The van der Waals surface area contributed by atoms with Crippen molar-refractivity contribution >= 4 is 15.7 Å². The second-order valence-corrected chi connectivity index (χ2v) is 8.42. The monoisotopic (exact) mass is 341 g/mol. The van der Waals surface area contributed by atoms with Gasteiger partial charge in [0.15, 0.2) is 5.75 Å². The fourth-order valence-electron chi connectivity index (χ4n) is 3.24. The van der Waals surface area contributed by atoms with E-state index in [1.165, 1.54) is 10.4 Å². The molecule has 2 fully saturated rings. The first-order valence-corrected chi connectivity index (χ1v) is 8.84. The number of rotatable bonds is 3. The summed E-state index contributed by atoms with van der Waals surface area (Å²) in [4.78, 5) is 12.2. The van der Waals surface area contributed by atoms with Crippen LogP contribution >= 0.6 is 0 Å². The zero-order chi connectivity index (χ0) is 16.8. The summed E-state index contributed by atoms with van der Waals surface area (Å²) >= 11 is 0. The van der Waals surface area contributed by atoms with E-state index in [4.69, 9.17) is 0 Å². The van der Waals surface area contributed by atoms with Gasteiger partial charge in [0.25, 0.3) is 0 Å². The SMILES string of the molecule is CN1CCC2(CC1)CN(S(=O)(=O)c1ccc(O)c([N+](=O)[O-])c1)C2. The summed E-state index contributed by atoms with van der Waals surface area (Å²) in [5.74, 6) is -0.538. The molecule has 0 saturated carbocycles. The van der Waals surface area contributed by atoms with Crippen molar-refractivity contribution in [3.05, 3.63) is 28.3 Å². The summed E-state index contributed by atoms with van der Waals surface area (Å²) in [6.07, 6.45) is 1.93. The van der Waals surface area contributed by atoms with Crippen molar-refractivity contribution in [1.82, 2.24) is 9.21 Å². The van der Waals surface area contributed by atoms with Gasteiger partial charge in [-0.05, 0) is 45.1 Å². The molecule has 23 heavy (non-hydrogen) atoms. The molecule has 9 heteroatoms. The molecule has 0 radical (unpaired) electrons. The van der Waals surface area contributed by atoms with Crippen LogP contribution in [0.25, 0.3) is 0 Å². The quantitative estimate of drug-likeness (QED) is 0.650. The Labute approximate surface area is 134 Å². The topological polar surface area (TPSA) is 104 Å². The highest BCUT2D eigenvalue weighted by atomic mass is 32.2. The molecule has 2 heterocycles. The number of likely N-dealkylation sites (tertiary alicyclic amines) is 1. The van der Waals surface area contributed by atoms with Crippen LogP contribution in [0.5, 0.6) is 5.75 Å². The van der Waals surface area contributed by atoms with Crippen molar-refractivity contribution in [3.63, 3.8) is 0 Å². The van der Waals surface area contributed by atoms with Crippen LogP contribution in [-0.2, 0) is 10.0 Å². The van der Waals surface area contributed by atoms with Crippen LogP contribution in [-0.4, -0.2) is 60.9 Å². The van der Waals surface area contributed by atoms with Crippen LogP contribution in [0.1, 0.15) is 12.8 Å². The molecule has 0 bridgehead atoms. The van der Waals surface area contributed by atoms with Gasteiger partial charge in [0.2, 0.25) is 10.0 Å². The fraction of sp³-hybridized carbons (Fsp3) is 0.571. The number of nitro groups is 1. The molecule has 2 saturated heterocycles. The number of sulfonamides is 1. The van der Waals surface area contributed by atoms with Crippen LogP contribution in [0.2, 0.25) is 0 Å². The molecule has 0 atom stereocenters. The summed E-state index contributed by atoms with van der Waals surface area (Å²) < 4.78 is 26.6. The maximum absolute atomic E-state index is 12.6. The largest absolute Gasteiger partial charge is 0.502 e. The second kappa shape index (κ2) is 5.43. The van der Waals surface area contributed by atoms with E-state index >= 15 is 0 Å². The minimum atomic E-state index is -3.76. The Morgan fingerprint density at radius 2 is 1.87 bits per heavy atom. The predicted molar refractivity (Wildman–Crippen MR) is 82.7 cm³/mol. The van der Waals surface area contributed by atoms with Gasteiger partial charge in [-0.25, -0.2) is 8.42 Å². The Bertz CT molecular complexity index is 733. The van der Waals surface area contributed by atoms with Gasteiger partial charge in [0, 0.05) is 24.6 Å². The number of nitrogens with zero attached hydrogens (tertiary/aromatic N) is 3. The number of benzene rings is 1. The van der Waals surface area contributed by atoms with E-state index in [-0.39, 0.29) is 10.3 Å². The highest BCUT2D eigenvalue weighted by molar-refractivity contribution is 7.89. The molecule has 2 aliphatic rings. The lowest BCUT2D eigenvalue weighted by Gasteiger charge is -2.52. The predicted octanol–water partition coefficient (Wildman–Crippen LogP) is 1.02. The first-order chi connectivity index (χ1) is 10.7. The van der Waals surface area contributed by atoms with E-state index in [0.717, 1.165) is 38.1 Å². The van der Waals surface area contributed by atoms with Gasteiger partial charge in [0.05, 0.1) is 9.82 Å². The highest BCUT2D eigenvalue weighted by Crippen LogP contribution is 2.43. The van der Waals surface area contributed by atoms with Crippen LogP contribution in [0.3, 0.4) is 0 Å². The molecule has 3 rings (SSSR count). The van der Waals surface area contributed by atoms with Crippen LogP contribution in [0.4, 0.5) is 5.69 Å². The first kappa shape index (κ1) is 16.2. The molecule has 0 unspecified atom stereocenters. The van der Waals surface area contributed by atoms with Crippen molar-refractivity contribution in [3.8, 4) is 5.75 Å². The number of piperidine rings is 1. The van der Waals surface area contributed by atoms with Gasteiger partial charge in [-0.3, -0.25) is 10.1 Å². The first-order valence-electron chi connectivity index (χ1n) is 7.40. The Hall–Kier alpha value is -1.71. The number of aromatic hydroxyl groups is 1. The average Bonchev–Trinajstić information content (AvgIpc) is 2.45. The minimum absolute atomic E-state index is 0.0441. The number of phenolic OH excluding ortho intramolecular Hbond substituents is 1. The smallest absolute Gasteiger partial charge is 0.312 e. The molecule has 1 spiro atoms. The highest BCUT2D eigenvalue weighted by Gasteiger charge is 2.49. The average molecular weight is 341 g/mol. The molecule has 126 valence electrons. The maximum Gasteiger partial charge on any atom is 0.312 e. The van der Waals surface area contributed by atoms with Gasteiger partial charge in [-0.2, -0.15) is 4.31 Å². The van der Waals surface area contributed by atoms with Gasteiger partial charge < -0.3 is 10.0 Å². The molecule has 8 nitrogen and oxygen atoms in total. The maximum atomic E-state index is 12.6. The summed E-state index contributed by atoms with van der Waals surface area (Å²) in [5.41, 5.74) is -0.553. The summed E-state index contributed by atoms with van der Waals surface area (Å²) in [7, 11) is -1.71. The lowest BCUT2D eigenvalue weighted by atomic mass is 9.73. The third kappa shape index (κ3) is 2.79. The summed E-state index contributed by atoms with van der Waals surface area (Å²) in [5, 5.41) is 20.3. The molecule has 2 aliphatic heterocycles. The normalized spacial score (nSPS) is 22.0. The summed E-state index contributed by atoms with van der Waals surface area (Å²) in [6, 6.07) is 3.18. The fourth-order valence-corrected chi connectivity index (χ4v) is 4.93. The zero-order valence-electron chi connectivity index (χ0n) is 12.8. The van der Waals surface area contributed by atoms with Gasteiger partial charge in [-0.15, -0.1) is 0 Å². The molecule has 1 aromatic rings. The van der Waals surface area contributed by atoms with Crippen molar-refractivity contribution in [1.29, 1.82) is 0 Å². The van der Waals surface area contributed by atoms with Crippen molar-refractivity contribution in [2.75, 3.05) is 33.2 Å². The van der Waals surface area contributed by atoms with E-state index in [1.54, 1.807) is 0 Å². The van der Waals surface area contributed by atoms with Gasteiger partial charge in [-0.1, -0.05) is 0 Å². The number of phenols is 1. The second-order valence-electron chi connectivity index (χ2n) is 6.48. The molecular weight excluding hydrogens is 322 g/mol. The number of nitro benzene ring substituents is 1. The molecular formula is C14H19N3O5S. The molecule has 1 N–H and O–H groups in total.